The maximum absolute atomic E-state index is 12.2. The van der Waals surface area contributed by atoms with Crippen LogP contribution in [0.25, 0.3) is 4.96 Å². The SMILES string of the molecule is Cc1cn2c(=O)cc(COc3cccc(NC(=O)CSc4ccccc4)c3)nc2s1. The number of fused-ring (bicyclic) bond motifs is 1. The highest BCUT2D eigenvalue weighted by Gasteiger charge is 2.08. The predicted octanol–water partition coefficient (Wildman–Crippen LogP) is 4.37. The standard InChI is InChI=1S/C22H19N3O3S2/c1-15-12-25-21(27)11-17(24-22(25)30-15)13-28-18-7-5-6-16(10-18)23-20(26)14-29-19-8-3-2-4-9-19/h2-12H,13-14H2,1H3,(H,23,26). The number of hydrogen-bond donors (Lipinski definition) is 1. The number of rotatable bonds is 7. The van der Waals surface area contributed by atoms with Gasteiger partial charge < -0.3 is 10.1 Å². The number of thioether (sulfide) groups is 1. The molecule has 0 radical (unpaired) electrons. The summed E-state index contributed by atoms with van der Waals surface area (Å²) in [5.74, 6) is 0.825. The maximum Gasteiger partial charge on any atom is 0.258 e. The first-order chi connectivity index (χ1) is 14.6. The number of amides is 1. The van der Waals surface area contributed by atoms with E-state index in [1.54, 1.807) is 18.3 Å². The lowest BCUT2D eigenvalue weighted by atomic mass is 10.3. The summed E-state index contributed by atoms with van der Waals surface area (Å²) >= 11 is 2.94. The summed E-state index contributed by atoms with van der Waals surface area (Å²) < 4.78 is 7.33. The minimum absolute atomic E-state index is 0.0887. The van der Waals surface area contributed by atoms with Crippen LogP contribution in [0.15, 0.2) is 76.6 Å². The molecule has 0 saturated heterocycles. The molecule has 1 N–H and O–H groups in total. The van der Waals surface area contributed by atoms with Crippen molar-refractivity contribution < 1.29 is 9.53 Å². The van der Waals surface area contributed by atoms with Crippen molar-refractivity contribution in [2.24, 2.45) is 0 Å². The normalized spacial score (nSPS) is 10.8. The lowest BCUT2D eigenvalue weighted by molar-refractivity contribution is -0.113. The van der Waals surface area contributed by atoms with Crippen LogP contribution in [-0.4, -0.2) is 21.0 Å². The first-order valence-corrected chi connectivity index (χ1v) is 11.1. The molecule has 1 amide bonds. The van der Waals surface area contributed by atoms with E-state index >= 15 is 0 Å². The molecular weight excluding hydrogens is 418 g/mol. The number of aromatic nitrogens is 2. The smallest absolute Gasteiger partial charge is 0.258 e. The van der Waals surface area contributed by atoms with Gasteiger partial charge in [-0.1, -0.05) is 24.3 Å². The zero-order chi connectivity index (χ0) is 20.9. The van der Waals surface area contributed by atoms with E-state index in [4.69, 9.17) is 4.74 Å². The van der Waals surface area contributed by atoms with Crippen molar-refractivity contribution in [3.05, 3.63) is 87.8 Å². The van der Waals surface area contributed by atoms with Gasteiger partial charge in [0.15, 0.2) is 4.96 Å². The Balaban J connectivity index is 1.36. The summed E-state index contributed by atoms with van der Waals surface area (Å²) in [5, 5.41) is 2.88. The molecule has 2 aromatic heterocycles. The Bertz CT molecular complexity index is 1240. The van der Waals surface area contributed by atoms with Gasteiger partial charge in [0.05, 0.1) is 11.4 Å². The fourth-order valence-corrected chi connectivity index (χ4v) is 4.39. The van der Waals surface area contributed by atoms with E-state index in [1.165, 1.54) is 33.6 Å². The molecule has 6 nitrogen and oxygen atoms in total. The molecule has 4 aromatic rings. The predicted molar refractivity (Wildman–Crippen MR) is 121 cm³/mol. The molecule has 0 aliphatic rings. The van der Waals surface area contributed by atoms with E-state index < -0.39 is 0 Å². The third-order valence-corrected chi connectivity index (χ3v) is 6.06. The molecule has 0 aliphatic carbocycles. The van der Waals surface area contributed by atoms with E-state index in [2.05, 4.69) is 10.3 Å². The monoisotopic (exact) mass is 437 g/mol. The van der Waals surface area contributed by atoms with Gasteiger partial charge in [0.25, 0.3) is 5.56 Å². The summed E-state index contributed by atoms with van der Waals surface area (Å²) in [6, 6.07) is 18.4. The molecule has 0 bridgehead atoms. The number of carbonyl (C=O) groups is 1. The van der Waals surface area contributed by atoms with Gasteiger partial charge in [-0.3, -0.25) is 14.0 Å². The Morgan fingerprint density at radius 3 is 2.83 bits per heavy atom. The lowest BCUT2D eigenvalue weighted by Crippen LogP contribution is -2.14. The van der Waals surface area contributed by atoms with Crippen LogP contribution in [0.5, 0.6) is 5.75 Å². The fourth-order valence-electron chi connectivity index (χ4n) is 2.82. The number of benzene rings is 2. The molecule has 2 aromatic carbocycles. The third kappa shape index (κ3) is 5.08. The summed E-state index contributed by atoms with van der Waals surface area (Å²) in [6.45, 7) is 2.11. The van der Waals surface area contributed by atoms with Crippen LogP contribution in [-0.2, 0) is 11.4 Å². The lowest BCUT2D eigenvalue weighted by Gasteiger charge is -2.09. The highest BCUT2D eigenvalue weighted by Crippen LogP contribution is 2.21. The van der Waals surface area contributed by atoms with Crippen molar-refractivity contribution in [1.82, 2.24) is 9.38 Å². The Morgan fingerprint density at radius 1 is 1.17 bits per heavy atom. The van der Waals surface area contributed by atoms with Crippen LogP contribution in [0.3, 0.4) is 0 Å². The second kappa shape index (κ2) is 9.15. The highest BCUT2D eigenvalue weighted by atomic mass is 32.2. The van der Waals surface area contributed by atoms with E-state index in [-0.39, 0.29) is 18.1 Å². The first-order valence-electron chi connectivity index (χ1n) is 9.26. The van der Waals surface area contributed by atoms with Crippen LogP contribution in [0, 0.1) is 6.92 Å². The zero-order valence-electron chi connectivity index (χ0n) is 16.2. The number of ether oxygens (including phenoxy) is 1. The van der Waals surface area contributed by atoms with Gasteiger partial charge in [0.1, 0.15) is 12.4 Å². The van der Waals surface area contributed by atoms with Gasteiger partial charge in [0, 0.05) is 33.8 Å². The van der Waals surface area contributed by atoms with E-state index in [0.717, 1.165) is 9.77 Å². The van der Waals surface area contributed by atoms with Crippen LogP contribution in [0.4, 0.5) is 5.69 Å². The average Bonchev–Trinajstić information content (AvgIpc) is 3.13. The van der Waals surface area contributed by atoms with E-state index in [1.807, 2.05) is 49.4 Å². The van der Waals surface area contributed by atoms with Crippen molar-refractivity contribution in [2.75, 3.05) is 11.1 Å². The molecule has 8 heteroatoms. The zero-order valence-corrected chi connectivity index (χ0v) is 17.8. The van der Waals surface area contributed by atoms with Crippen molar-refractivity contribution in [3.8, 4) is 5.75 Å². The Kier molecular flexibility index (Phi) is 6.15. The Morgan fingerprint density at radius 2 is 2.00 bits per heavy atom. The number of hydrogen-bond acceptors (Lipinski definition) is 6. The number of anilines is 1. The van der Waals surface area contributed by atoms with Gasteiger partial charge >= 0.3 is 0 Å². The van der Waals surface area contributed by atoms with E-state index in [0.29, 0.717) is 27.8 Å². The molecule has 0 spiro atoms. The topological polar surface area (TPSA) is 72.7 Å². The minimum atomic E-state index is -0.125. The van der Waals surface area contributed by atoms with Crippen LogP contribution in [0.1, 0.15) is 10.6 Å². The largest absolute Gasteiger partial charge is 0.487 e. The van der Waals surface area contributed by atoms with Gasteiger partial charge in [-0.2, -0.15) is 0 Å². The number of carbonyl (C=O) groups excluding carboxylic acids is 1. The molecule has 0 fully saturated rings. The summed E-state index contributed by atoms with van der Waals surface area (Å²) in [4.78, 5) is 31.6. The van der Waals surface area contributed by atoms with E-state index in [9.17, 15) is 9.59 Å². The molecule has 0 atom stereocenters. The number of nitrogens with zero attached hydrogens (tertiary/aromatic N) is 2. The minimum Gasteiger partial charge on any atom is -0.487 e. The second-order valence-electron chi connectivity index (χ2n) is 6.55. The number of thiazole rings is 1. The van der Waals surface area contributed by atoms with Gasteiger partial charge in [-0.05, 0) is 31.2 Å². The van der Waals surface area contributed by atoms with Gasteiger partial charge in [0.2, 0.25) is 5.91 Å². The quantitative estimate of drug-likeness (QED) is 0.435. The summed E-state index contributed by atoms with van der Waals surface area (Å²) in [5.41, 5.74) is 1.10. The van der Waals surface area contributed by atoms with Gasteiger partial charge in [-0.25, -0.2) is 4.98 Å². The molecule has 30 heavy (non-hydrogen) atoms. The van der Waals surface area contributed by atoms with Gasteiger partial charge in [-0.15, -0.1) is 23.1 Å². The second-order valence-corrected chi connectivity index (χ2v) is 8.81. The molecular formula is C22H19N3O3S2. The van der Waals surface area contributed by atoms with Crippen molar-refractivity contribution >= 4 is 39.7 Å². The number of nitrogens with one attached hydrogen (secondary N) is 1. The van der Waals surface area contributed by atoms with Crippen molar-refractivity contribution in [3.63, 3.8) is 0 Å². The molecule has 0 saturated carbocycles. The molecule has 2 heterocycles. The first kappa shape index (κ1) is 20.2. The maximum atomic E-state index is 12.2. The third-order valence-electron chi connectivity index (χ3n) is 4.15. The molecule has 0 aliphatic heterocycles. The Labute approximate surface area is 181 Å². The molecule has 152 valence electrons. The summed E-state index contributed by atoms with van der Waals surface area (Å²) in [6.07, 6.45) is 1.78. The highest BCUT2D eigenvalue weighted by molar-refractivity contribution is 8.00. The van der Waals surface area contributed by atoms with Crippen molar-refractivity contribution in [1.29, 1.82) is 0 Å². The molecule has 0 unspecified atom stereocenters. The van der Waals surface area contributed by atoms with Crippen molar-refractivity contribution in [2.45, 2.75) is 18.4 Å². The van der Waals surface area contributed by atoms with Crippen LogP contribution < -0.4 is 15.6 Å². The Hall–Kier alpha value is -3.10. The van der Waals surface area contributed by atoms with Crippen LogP contribution >= 0.6 is 23.1 Å². The molecule has 4 rings (SSSR count). The number of aryl methyl sites for hydroxylation is 1. The van der Waals surface area contributed by atoms with Crippen LogP contribution in [0.2, 0.25) is 0 Å². The average molecular weight is 438 g/mol. The summed E-state index contributed by atoms with van der Waals surface area (Å²) in [7, 11) is 0. The fraction of sp³-hybridized carbons (Fsp3) is 0.136.